The number of carbonyl (C=O) groups excluding carboxylic acids is 3. The fraction of sp³-hybridized carbons (Fsp3) is 0.409. The lowest BCUT2D eigenvalue weighted by atomic mass is 10.2. The van der Waals surface area contributed by atoms with Crippen LogP contribution in [0.1, 0.15) is 34.8 Å². The molecule has 0 atom stereocenters. The standard InChI is InChI=1S/C22H26FN3O7S/c1-3-26(4-2)34(30,31)19-14-16(7-8-17(19)23)22(29)33-15-20(27)24-9-11-25(12-10-24)21(28)18-6-5-13-32-18/h5-8,13-14H,3-4,9-12,15H2,1-2H3. The molecule has 0 aliphatic carbocycles. The summed E-state index contributed by atoms with van der Waals surface area (Å²) < 4.78 is 50.8. The summed E-state index contributed by atoms with van der Waals surface area (Å²) in [6.45, 7) is 4.06. The predicted molar refractivity (Wildman–Crippen MR) is 118 cm³/mol. The minimum absolute atomic E-state index is 0.141. The van der Waals surface area contributed by atoms with Gasteiger partial charge in [-0.15, -0.1) is 0 Å². The number of hydrogen-bond donors (Lipinski definition) is 0. The molecular weight excluding hydrogens is 469 g/mol. The summed E-state index contributed by atoms with van der Waals surface area (Å²) in [6, 6.07) is 6.07. The Bertz CT molecular complexity index is 1140. The summed E-state index contributed by atoms with van der Waals surface area (Å²) in [5, 5.41) is 0. The zero-order chi connectivity index (χ0) is 24.9. The molecule has 2 amide bonds. The topological polar surface area (TPSA) is 117 Å². The average Bonchev–Trinajstić information content (AvgIpc) is 3.37. The molecule has 34 heavy (non-hydrogen) atoms. The van der Waals surface area contributed by atoms with Gasteiger partial charge in [0.05, 0.1) is 11.8 Å². The molecule has 0 spiro atoms. The van der Waals surface area contributed by atoms with Gasteiger partial charge >= 0.3 is 5.97 Å². The summed E-state index contributed by atoms with van der Waals surface area (Å²) >= 11 is 0. The Morgan fingerprint density at radius 2 is 1.71 bits per heavy atom. The van der Waals surface area contributed by atoms with Gasteiger partial charge in [0, 0.05) is 39.3 Å². The number of amides is 2. The van der Waals surface area contributed by atoms with Crippen molar-refractivity contribution in [3.63, 3.8) is 0 Å². The Kier molecular flexibility index (Phi) is 8.05. The van der Waals surface area contributed by atoms with Crippen molar-refractivity contribution in [2.45, 2.75) is 18.7 Å². The van der Waals surface area contributed by atoms with Gasteiger partial charge in [-0.05, 0) is 30.3 Å². The van der Waals surface area contributed by atoms with Crippen LogP contribution in [-0.4, -0.2) is 86.2 Å². The number of nitrogens with zero attached hydrogens (tertiary/aromatic N) is 3. The van der Waals surface area contributed by atoms with Crippen molar-refractivity contribution in [2.24, 2.45) is 0 Å². The van der Waals surface area contributed by atoms with Crippen LogP contribution in [0.3, 0.4) is 0 Å². The number of sulfonamides is 1. The zero-order valence-electron chi connectivity index (χ0n) is 18.9. The van der Waals surface area contributed by atoms with Gasteiger partial charge < -0.3 is 19.0 Å². The molecule has 0 bridgehead atoms. The fourth-order valence-electron chi connectivity index (χ4n) is 3.55. The molecule has 1 aromatic heterocycles. The molecule has 3 rings (SSSR count). The summed E-state index contributed by atoms with van der Waals surface area (Å²) in [6.07, 6.45) is 1.41. The maximum Gasteiger partial charge on any atom is 0.338 e. The van der Waals surface area contributed by atoms with E-state index in [2.05, 4.69) is 0 Å². The molecule has 1 aliphatic rings. The van der Waals surface area contributed by atoms with Crippen molar-refractivity contribution in [1.82, 2.24) is 14.1 Å². The normalized spacial score (nSPS) is 14.4. The quantitative estimate of drug-likeness (QED) is 0.511. The van der Waals surface area contributed by atoms with E-state index >= 15 is 0 Å². The minimum atomic E-state index is -4.13. The van der Waals surface area contributed by atoms with E-state index in [0.717, 1.165) is 22.5 Å². The van der Waals surface area contributed by atoms with Crippen molar-refractivity contribution >= 4 is 27.8 Å². The van der Waals surface area contributed by atoms with Crippen molar-refractivity contribution in [3.05, 3.63) is 53.7 Å². The van der Waals surface area contributed by atoms with E-state index in [-0.39, 0.29) is 43.4 Å². The minimum Gasteiger partial charge on any atom is -0.459 e. The first-order valence-corrected chi connectivity index (χ1v) is 12.2. The Hall–Kier alpha value is -3.25. The van der Waals surface area contributed by atoms with Crippen LogP contribution in [-0.2, 0) is 19.6 Å². The lowest BCUT2D eigenvalue weighted by Gasteiger charge is -2.34. The van der Waals surface area contributed by atoms with Crippen LogP contribution in [0.15, 0.2) is 45.9 Å². The predicted octanol–water partition coefficient (Wildman–Crippen LogP) is 1.59. The first-order valence-electron chi connectivity index (χ1n) is 10.8. The number of furan rings is 1. The maximum absolute atomic E-state index is 14.2. The molecule has 12 heteroatoms. The summed E-state index contributed by atoms with van der Waals surface area (Å²) in [7, 11) is -4.13. The van der Waals surface area contributed by atoms with Crippen LogP contribution in [0.2, 0.25) is 0 Å². The molecular formula is C22H26FN3O7S. The SMILES string of the molecule is CCN(CC)S(=O)(=O)c1cc(C(=O)OCC(=O)N2CCN(C(=O)c3ccco3)CC2)ccc1F. The van der Waals surface area contributed by atoms with Gasteiger partial charge in [-0.2, -0.15) is 4.31 Å². The van der Waals surface area contributed by atoms with Crippen molar-refractivity contribution in [2.75, 3.05) is 45.9 Å². The lowest BCUT2D eigenvalue weighted by molar-refractivity contribution is -0.136. The monoisotopic (exact) mass is 495 g/mol. The van der Waals surface area contributed by atoms with Crippen molar-refractivity contribution in [3.8, 4) is 0 Å². The van der Waals surface area contributed by atoms with E-state index in [1.54, 1.807) is 30.9 Å². The molecule has 1 aromatic carbocycles. The number of halogens is 1. The first kappa shape index (κ1) is 25.4. The third kappa shape index (κ3) is 5.45. The fourth-order valence-corrected chi connectivity index (χ4v) is 5.10. The molecule has 2 heterocycles. The van der Waals surface area contributed by atoms with Crippen LogP contribution < -0.4 is 0 Å². The third-order valence-corrected chi connectivity index (χ3v) is 7.53. The molecule has 0 unspecified atom stereocenters. The van der Waals surface area contributed by atoms with Crippen molar-refractivity contribution in [1.29, 1.82) is 0 Å². The summed E-state index contributed by atoms with van der Waals surface area (Å²) in [5.41, 5.74) is -0.186. The Labute approximate surface area is 196 Å². The number of rotatable bonds is 8. The Balaban J connectivity index is 1.58. The molecule has 10 nitrogen and oxygen atoms in total. The van der Waals surface area contributed by atoms with Gasteiger partial charge in [-0.3, -0.25) is 9.59 Å². The number of benzene rings is 1. The van der Waals surface area contributed by atoms with Crippen LogP contribution in [0, 0.1) is 5.82 Å². The number of hydrogen-bond acceptors (Lipinski definition) is 7. The Morgan fingerprint density at radius 3 is 2.29 bits per heavy atom. The molecule has 0 saturated carbocycles. The molecule has 1 fully saturated rings. The van der Waals surface area contributed by atoms with E-state index in [4.69, 9.17) is 9.15 Å². The number of carbonyl (C=O) groups is 3. The van der Waals surface area contributed by atoms with E-state index < -0.39 is 39.2 Å². The number of esters is 1. The van der Waals surface area contributed by atoms with Crippen LogP contribution in [0.25, 0.3) is 0 Å². The third-order valence-electron chi connectivity index (χ3n) is 5.47. The van der Waals surface area contributed by atoms with Crippen molar-refractivity contribution < 1.29 is 36.3 Å². The Morgan fingerprint density at radius 1 is 1.06 bits per heavy atom. The second kappa shape index (κ2) is 10.8. The zero-order valence-corrected chi connectivity index (χ0v) is 19.7. The van der Waals surface area contributed by atoms with Gasteiger partial charge in [0.15, 0.2) is 12.4 Å². The lowest BCUT2D eigenvalue weighted by Crippen LogP contribution is -2.51. The number of piperazine rings is 1. The van der Waals surface area contributed by atoms with Gasteiger partial charge in [0.2, 0.25) is 10.0 Å². The van der Waals surface area contributed by atoms with Crippen LogP contribution >= 0.6 is 0 Å². The average molecular weight is 496 g/mol. The molecule has 1 aliphatic heterocycles. The highest BCUT2D eigenvalue weighted by atomic mass is 32.2. The largest absolute Gasteiger partial charge is 0.459 e. The summed E-state index contributed by atoms with van der Waals surface area (Å²) in [4.78, 5) is 39.6. The highest BCUT2D eigenvalue weighted by Crippen LogP contribution is 2.21. The van der Waals surface area contributed by atoms with Gasteiger partial charge in [0.1, 0.15) is 10.7 Å². The van der Waals surface area contributed by atoms with Gasteiger partial charge in [-0.1, -0.05) is 13.8 Å². The van der Waals surface area contributed by atoms with E-state index in [0.29, 0.717) is 13.1 Å². The molecule has 184 valence electrons. The number of ether oxygens (including phenoxy) is 1. The molecule has 0 N–H and O–H groups in total. The smallest absolute Gasteiger partial charge is 0.338 e. The first-order chi connectivity index (χ1) is 16.2. The van der Waals surface area contributed by atoms with Crippen LogP contribution in [0.4, 0.5) is 4.39 Å². The second-order valence-electron chi connectivity index (χ2n) is 7.46. The maximum atomic E-state index is 14.2. The highest BCUT2D eigenvalue weighted by Gasteiger charge is 2.28. The van der Waals surface area contributed by atoms with E-state index in [9.17, 15) is 27.2 Å². The van der Waals surface area contributed by atoms with Gasteiger partial charge in [-0.25, -0.2) is 17.6 Å². The van der Waals surface area contributed by atoms with E-state index in [1.807, 2.05) is 0 Å². The van der Waals surface area contributed by atoms with Gasteiger partial charge in [0.25, 0.3) is 11.8 Å². The van der Waals surface area contributed by atoms with E-state index in [1.165, 1.54) is 11.2 Å². The summed E-state index contributed by atoms with van der Waals surface area (Å²) in [5.74, 6) is -2.44. The molecule has 0 radical (unpaired) electrons. The highest BCUT2D eigenvalue weighted by molar-refractivity contribution is 7.89. The second-order valence-corrected chi connectivity index (χ2v) is 9.37. The molecule has 1 saturated heterocycles. The van der Waals surface area contributed by atoms with Crippen LogP contribution in [0.5, 0.6) is 0 Å². The molecule has 2 aromatic rings.